The molecule has 40 heavy (non-hydrogen) atoms. The number of amides is 2. The molecule has 0 radical (unpaired) electrons. The minimum atomic E-state index is -0.726. The summed E-state index contributed by atoms with van der Waals surface area (Å²) in [6, 6.07) is 16.0. The molecule has 2 heterocycles. The van der Waals surface area contributed by atoms with Crippen molar-refractivity contribution in [3.05, 3.63) is 93.7 Å². The van der Waals surface area contributed by atoms with Gasteiger partial charge in [-0.05, 0) is 66.7 Å². The molecule has 0 saturated carbocycles. The number of nitrogens with zero attached hydrogens (tertiary/aromatic N) is 3. The number of esters is 1. The highest BCUT2D eigenvalue weighted by Gasteiger charge is 2.43. The summed E-state index contributed by atoms with van der Waals surface area (Å²) >= 11 is 11.8. The van der Waals surface area contributed by atoms with Crippen molar-refractivity contribution in [1.82, 2.24) is 4.90 Å². The molecule has 2 amide bonds. The van der Waals surface area contributed by atoms with E-state index < -0.39 is 24.4 Å². The molecular formula is C29H24Cl2FN3O5. The van der Waals surface area contributed by atoms with Crippen LogP contribution in [0.5, 0.6) is 0 Å². The molecule has 8 nitrogen and oxygen atoms in total. The Morgan fingerprint density at radius 3 is 2.10 bits per heavy atom. The molecule has 206 valence electrons. The number of halogens is 3. The van der Waals surface area contributed by atoms with Gasteiger partial charge in [-0.1, -0.05) is 23.2 Å². The van der Waals surface area contributed by atoms with Gasteiger partial charge < -0.3 is 9.64 Å². The van der Waals surface area contributed by atoms with Gasteiger partial charge in [0.05, 0.1) is 33.8 Å². The zero-order valence-electron chi connectivity index (χ0n) is 21.2. The first kappa shape index (κ1) is 27.8. The Balaban J connectivity index is 1.17. The minimum absolute atomic E-state index is 0.0655. The average Bonchev–Trinajstić information content (AvgIpc) is 3.27. The van der Waals surface area contributed by atoms with E-state index in [1.54, 1.807) is 12.1 Å². The monoisotopic (exact) mass is 583 g/mol. The van der Waals surface area contributed by atoms with Gasteiger partial charge in [-0.3, -0.25) is 19.3 Å². The molecule has 5 rings (SSSR count). The number of carbonyl (C=O) groups is 4. The highest BCUT2D eigenvalue weighted by atomic mass is 35.5. The third-order valence-corrected chi connectivity index (χ3v) is 7.75. The second-order valence-corrected chi connectivity index (χ2v) is 10.3. The van der Waals surface area contributed by atoms with Crippen molar-refractivity contribution < 1.29 is 28.3 Å². The second-order valence-electron chi connectivity index (χ2n) is 9.46. The lowest BCUT2D eigenvalue weighted by molar-refractivity contribution is -0.123. The van der Waals surface area contributed by atoms with Crippen molar-refractivity contribution in [1.29, 1.82) is 0 Å². The van der Waals surface area contributed by atoms with Crippen LogP contribution in [-0.4, -0.2) is 67.3 Å². The van der Waals surface area contributed by atoms with Crippen LogP contribution in [0.3, 0.4) is 0 Å². The molecule has 0 aliphatic carbocycles. The number of rotatable bonds is 7. The van der Waals surface area contributed by atoms with Crippen molar-refractivity contribution in [2.75, 3.05) is 42.6 Å². The quantitative estimate of drug-likeness (QED) is 0.228. The normalized spacial score (nSPS) is 17.8. The number of hydrogen-bond donors (Lipinski definition) is 0. The number of Topliss-reactive ketones (excluding diaryl/α,β-unsaturated/α-hetero) is 1. The second kappa shape index (κ2) is 11.8. The van der Waals surface area contributed by atoms with E-state index in [1.807, 2.05) is 4.90 Å². The van der Waals surface area contributed by atoms with Crippen LogP contribution < -0.4 is 9.80 Å². The van der Waals surface area contributed by atoms with Crippen LogP contribution in [0, 0.1) is 5.82 Å². The lowest BCUT2D eigenvalue weighted by atomic mass is 10.1. The van der Waals surface area contributed by atoms with Crippen LogP contribution in [0.15, 0.2) is 66.7 Å². The van der Waals surface area contributed by atoms with Crippen molar-refractivity contribution in [2.45, 2.75) is 12.5 Å². The highest BCUT2D eigenvalue weighted by molar-refractivity contribution is 6.42. The summed E-state index contributed by atoms with van der Waals surface area (Å²) in [5.41, 5.74) is 1.69. The summed E-state index contributed by atoms with van der Waals surface area (Å²) in [6.07, 6.45) is 0.0655. The molecule has 0 bridgehead atoms. The minimum Gasteiger partial charge on any atom is -0.454 e. The summed E-state index contributed by atoms with van der Waals surface area (Å²) in [5.74, 6) is -2.10. The Morgan fingerprint density at radius 2 is 1.45 bits per heavy atom. The Morgan fingerprint density at radius 1 is 0.825 bits per heavy atom. The maximum absolute atomic E-state index is 13.2. The molecule has 2 aliphatic heterocycles. The van der Waals surface area contributed by atoms with Crippen molar-refractivity contribution in [3.63, 3.8) is 0 Å². The Bertz CT molecular complexity index is 1460. The van der Waals surface area contributed by atoms with Crippen LogP contribution in [0.25, 0.3) is 0 Å². The van der Waals surface area contributed by atoms with E-state index in [9.17, 15) is 23.6 Å². The van der Waals surface area contributed by atoms with Gasteiger partial charge in [0, 0.05) is 37.4 Å². The SMILES string of the molecule is O=C(COC(=O)c1ccc(N2C(=O)CC(N3CCN(c4ccc(F)cc4)CC3)C2=O)cc1)c1ccc(Cl)c(Cl)c1. The number of piperazine rings is 1. The molecule has 2 aliphatic rings. The molecule has 0 spiro atoms. The molecule has 2 fully saturated rings. The number of hydrogen-bond acceptors (Lipinski definition) is 7. The number of imide groups is 1. The van der Waals surface area contributed by atoms with E-state index in [0.717, 1.165) is 10.6 Å². The Hall–Kier alpha value is -3.79. The standard InChI is InChI=1S/C29H24Cl2FN3O5/c30-23-10-3-19(15-24(23)31)26(36)17-40-29(39)18-1-6-22(7-2-18)35-27(37)16-25(28(35)38)34-13-11-33(12-14-34)21-8-4-20(32)5-9-21/h1-10,15,25H,11-14,16-17H2. The smallest absolute Gasteiger partial charge is 0.338 e. The van der Waals surface area contributed by atoms with Gasteiger partial charge >= 0.3 is 5.97 Å². The van der Waals surface area contributed by atoms with E-state index in [0.29, 0.717) is 36.9 Å². The third-order valence-electron chi connectivity index (χ3n) is 7.01. The summed E-state index contributed by atoms with van der Waals surface area (Å²) in [7, 11) is 0. The molecule has 11 heteroatoms. The zero-order valence-corrected chi connectivity index (χ0v) is 22.7. The first-order valence-corrected chi connectivity index (χ1v) is 13.3. The number of ketones is 1. The topological polar surface area (TPSA) is 87.2 Å². The fourth-order valence-electron chi connectivity index (χ4n) is 4.83. The predicted octanol–water partition coefficient (Wildman–Crippen LogP) is 4.63. The molecule has 3 aromatic carbocycles. The number of carbonyl (C=O) groups excluding carboxylic acids is 4. The lowest BCUT2D eigenvalue weighted by Crippen LogP contribution is -2.52. The van der Waals surface area contributed by atoms with Gasteiger partial charge in [-0.25, -0.2) is 14.1 Å². The molecule has 1 atom stereocenters. The van der Waals surface area contributed by atoms with Crippen molar-refractivity contribution in [2.24, 2.45) is 0 Å². The Labute approximate surface area is 239 Å². The summed E-state index contributed by atoms with van der Waals surface area (Å²) in [6.45, 7) is 1.97. The lowest BCUT2D eigenvalue weighted by Gasteiger charge is -2.38. The largest absolute Gasteiger partial charge is 0.454 e. The molecule has 3 aromatic rings. The fourth-order valence-corrected chi connectivity index (χ4v) is 5.13. The maximum Gasteiger partial charge on any atom is 0.338 e. The van der Waals surface area contributed by atoms with Crippen molar-refractivity contribution in [3.8, 4) is 0 Å². The van der Waals surface area contributed by atoms with Crippen LogP contribution in [0.1, 0.15) is 27.1 Å². The predicted molar refractivity (Wildman–Crippen MR) is 149 cm³/mol. The molecule has 2 saturated heterocycles. The molecule has 0 N–H and O–H groups in total. The maximum atomic E-state index is 13.2. The van der Waals surface area contributed by atoms with Gasteiger partial charge in [-0.2, -0.15) is 0 Å². The fraction of sp³-hybridized carbons (Fsp3) is 0.241. The van der Waals surface area contributed by atoms with Gasteiger partial charge in [0.2, 0.25) is 5.91 Å². The molecular weight excluding hydrogens is 560 g/mol. The van der Waals surface area contributed by atoms with Gasteiger partial charge in [-0.15, -0.1) is 0 Å². The Kier molecular flexibility index (Phi) is 8.16. The van der Waals surface area contributed by atoms with E-state index in [2.05, 4.69) is 4.90 Å². The molecule has 1 unspecified atom stereocenters. The first-order valence-electron chi connectivity index (χ1n) is 12.6. The van der Waals surface area contributed by atoms with E-state index in [1.165, 1.54) is 54.6 Å². The van der Waals surface area contributed by atoms with Gasteiger partial charge in [0.15, 0.2) is 12.4 Å². The van der Waals surface area contributed by atoms with E-state index in [4.69, 9.17) is 27.9 Å². The first-order chi connectivity index (χ1) is 19.2. The zero-order chi connectivity index (χ0) is 28.4. The van der Waals surface area contributed by atoms with Gasteiger partial charge in [0.25, 0.3) is 5.91 Å². The number of anilines is 2. The number of benzene rings is 3. The average molecular weight is 584 g/mol. The van der Waals surface area contributed by atoms with Gasteiger partial charge in [0.1, 0.15) is 5.82 Å². The van der Waals surface area contributed by atoms with Crippen LogP contribution >= 0.6 is 23.2 Å². The van der Waals surface area contributed by atoms with Crippen molar-refractivity contribution >= 4 is 58.1 Å². The summed E-state index contributed by atoms with van der Waals surface area (Å²) < 4.78 is 18.4. The van der Waals surface area contributed by atoms with E-state index >= 15 is 0 Å². The van der Waals surface area contributed by atoms with Crippen LogP contribution in [0.4, 0.5) is 15.8 Å². The summed E-state index contributed by atoms with van der Waals surface area (Å²) in [5, 5.41) is 0.524. The molecule has 0 aromatic heterocycles. The van der Waals surface area contributed by atoms with E-state index in [-0.39, 0.29) is 40.2 Å². The van der Waals surface area contributed by atoms with Crippen LogP contribution in [-0.2, 0) is 14.3 Å². The third kappa shape index (κ3) is 5.86. The number of ether oxygens (including phenoxy) is 1. The summed E-state index contributed by atoms with van der Waals surface area (Å²) in [4.78, 5) is 56.1. The van der Waals surface area contributed by atoms with Crippen LogP contribution in [0.2, 0.25) is 10.0 Å². The highest BCUT2D eigenvalue weighted by Crippen LogP contribution is 2.28.